The Morgan fingerprint density at radius 2 is 1.88 bits per heavy atom. The van der Waals surface area contributed by atoms with Crippen LogP contribution in [0.1, 0.15) is 98.8 Å². The lowest BCUT2D eigenvalue weighted by molar-refractivity contribution is -0.126. The highest BCUT2D eigenvalue weighted by Gasteiger charge is 2.54. The number of rotatable bonds is 8. The van der Waals surface area contributed by atoms with E-state index in [-0.39, 0.29) is 5.41 Å². The molecule has 3 aliphatic rings. The summed E-state index contributed by atoms with van der Waals surface area (Å²) in [6.45, 7) is 11.5. The van der Waals surface area contributed by atoms with Crippen LogP contribution >= 0.6 is 0 Å². The van der Waals surface area contributed by atoms with E-state index in [1.165, 1.54) is 50.5 Å². The van der Waals surface area contributed by atoms with E-state index in [0.717, 1.165) is 42.9 Å². The van der Waals surface area contributed by atoms with Crippen LogP contribution in [0.25, 0.3) is 0 Å². The average molecular weight is 345 g/mol. The van der Waals surface area contributed by atoms with Crippen LogP contribution in [-0.4, -0.2) is 5.78 Å². The third-order valence-electron chi connectivity index (χ3n) is 8.31. The molecule has 0 aromatic heterocycles. The van der Waals surface area contributed by atoms with Crippen molar-refractivity contribution in [3.63, 3.8) is 0 Å². The van der Waals surface area contributed by atoms with E-state index in [1.807, 2.05) is 6.08 Å². The Morgan fingerprint density at radius 3 is 2.56 bits per heavy atom. The fourth-order valence-corrected chi connectivity index (χ4v) is 6.45. The van der Waals surface area contributed by atoms with E-state index in [9.17, 15) is 4.79 Å². The summed E-state index contributed by atoms with van der Waals surface area (Å²) in [6.07, 6.45) is 14.7. The van der Waals surface area contributed by atoms with Crippen molar-refractivity contribution in [3.8, 4) is 0 Å². The molecule has 0 spiro atoms. The van der Waals surface area contributed by atoms with Crippen molar-refractivity contribution in [2.24, 2.45) is 34.5 Å². The van der Waals surface area contributed by atoms with E-state index in [2.05, 4.69) is 34.6 Å². The number of ketones is 1. The Morgan fingerprint density at radius 1 is 1.12 bits per heavy atom. The van der Waals surface area contributed by atoms with E-state index < -0.39 is 0 Å². The van der Waals surface area contributed by atoms with Gasteiger partial charge in [-0.3, -0.25) is 4.79 Å². The van der Waals surface area contributed by atoms with Gasteiger partial charge in [0.1, 0.15) is 0 Å². The molecule has 0 aromatic rings. The summed E-state index contributed by atoms with van der Waals surface area (Å²) in [5.74, 6) is 4.13. The molecule has 2 bridgehead atoms. The van der Waals surface area contributed by atoms with Crippen molar-refractivity contribution >= 4 is 5.78 Å². The van der Waals surface area contributed by atoms with Crippen molar-refractivity contribution in [2.75, 3.05) is 0 Å². The van der Waals surface area contributed by atoms with Crippen LogP contribution in [0.5, 0.6) is 0 Å². The zero-order valence-electron chi connectivity index (χ0n) is 17.4. The predicted molar refractivity (Wildman–Crippen MR) is 106 cm³/mol. The standard InChI is InChI=1S/C24H40O/c1-6-9-23(4,7-2)10-8-17(3)11-22(25)24(5)15-18-12-19-14-20(16-24)21(19)13-18/h11,18-21H,6-10,12-16H2,1-5H3/b17-11+. The van der Waals surface area contributed by atoms with Crippen molar-refractivity contribution in [3.05, 3.63) is 11.6 Å². The van der Waals surface area contributed by atoms with E-state index >= 15 is 0 Å². The molecule has 1 heteroatoms. The second-order valence-electron chi connectivity index (χ2n) is 10.5. The molecule has 0 aromatic carbocycles. The summed E-state index contributed by atoms with van der Waals surface area (Å²) in [6, 6.07) is 0. The Labute approximate surface area is 156 Å². The molecule has 0 amide bonds. The van der Waals surface area contributed by atoms with Crippen LogP contribution in [-0.2, 0) is 4.79 Å². The monoisotopic (exact) mass is 344 g/mol. The number of hydrogen-bond acceptors (Lipinski definition) is 1. The van der Waals surface area contributed by atoms with Gasteiger partial charge in [0.2, 0.25) is 0 Å². The molecule has 25 heavy (non-hydrogen) atoms. The van der Waals surface area contributed by atoms with Crippen LogP contribution in [0.3, 0.4) is 0 Å². The molecule has 6 atom stereocenters. The lowest BCUT2D eigenvalue weighted by Gasteiger charge is -2.45. The van der Waals surface area contributed by atoms with Gasteiger partial charge in [0.15, 0.2) is 5.78 Å². The Bertz CT molecular complexity index is 526. The lowest BCUT2D eigenvalue weighted by Crippen LogP contribution is -2.39. The van der Waals surface area contributed by atoms with Gasteiger partial charge in [-0.2, -0.15) is 0 Å². The van der Waals surface area contributed by atoms with Crippen molar-refractivity contribution in [2.45, 2.75) is 98.8 Å². The summed E-state index contributed by atoms with van der Waals surface area (Å²) < 4.78 is 0. The second kappa shape index (κ2) is 7.20. The van der Waals surface area contributed by atoms with E-state index in [0.29, 0.717) is 11.2 Å². The molecule has 3 aliphatic carbocycles. The van der Waals surface area contributed by atoms with Crippen LogP contribution in [0.15, 0.2) is 11.6 Å². The number of carbonyl (C=O) groups is 1. The number of fused-ring (bicyclic) bond motifs is 1. The molecule has 0 heterocycles. The predicted octanol–water partition coefficient (Wildman–Crippen LogP) is 6.96. The highest BCUT2D eigenvalue weighted by atomic mass is 16.1. The minimum Gasteiger partial charge on any atom is -0.294 e. The maximum atomic E-state index is 13.2. The van der Waals surface area contributed by atoms with E-state index in [1.54, 1.807) is 0 Å². The summed E-state index contributed by atoms with van der Waals surface area (Å²) in [4.78, 5) is 13.2. The van der Waals surface area contributed by atoms with Crippen LogP contribution in [0.4, 0.5) is 0 Å². The lowest BCUT2D eigenvalue weighted by atomic mass is 9.59. The first kappa shape index (κ1) is 19.2. The average Bonchev–Trinajstić information content (AvgIpc) is 2.80. The second-order valence-corrected chi connectivity index (χ2v) is 10.5. The molecule has 0 saturated heterocycles. The topological polar surface area (TPSA) is 17.1 Å². The quantitative estimate of drug-likeness (QED) is 0.435. The van der Waals surface area contributed by atoms with Crippen LogP contribution in [0.2, 0.25) is 0 Å². The fraction of sp³-hybridized carbons (Fsp3) is 0.875. The summed E-state index contributed by atoms with van der Waals surface area (Å²) in [5, 5.41) is 0. The van der Waals surface area contributed by atoms with Crippen molar-refractivity contribution in [1.82, 2.24) is 0 Å². The molecular weight excluding hydrogens is 304 g/mol. The Hall–Kier alpha value is -0.590. The third kappa shape index (κ3) is 3.91. The maximum absolute atomic E-state index is 13.2. The number of carbonyl (C=O) groups excluding carboxylic acids is 1. The number of allylic oxidation sites excluding steroid dienone is 2. The van der Waals surface area contributed by atoms with Crippen LogP contribution < -0.4 is 0 Å². The molecule has 3 fully saturated rings. The van der Waals surface area contributed by atoms with E-state index in [4.69, 9.17) is 0 Å². The Kier molecular flexibility index (Phi) is 5.52. The molecule has 0 aliphatic heterocycles. The largest absolute Gasteiger partial charge is 0.294 e. The van der Waals surface area contributed by atoms with Gasteiger partial charge in [-0.1, -0.05) is 46.1 Å². The first-order valence-corrected chi connectivity index (χ1v) is 11.0. The van der Waals surface area contributed by atoms with Gasteiger partial charge in [0.25, 0.3) is 0 Å². The van der Waals surface area contributed by atoms with Gasteiger partial charge < -0.3 is 0 Å². The number of hydrogen-bond donors (Lipinski definition) is 0. The zero-order valence-corrected chi connectivity index (χ0v) is 17.4. The minimum atomic E-state index is -0.0752. The Balaban J connectivity index is 1.61. The molecule has 142 valence electrons. The molecule has 0 radical (unpaired) electrons. The van der Waals surface area contributed by atoms with Crippen LogP contribution in [0, 0.1) is 34.5 Å². The first-order valence-electron chi connectivity index (χ1n) is 11.0. The van der Waals surface area contributed by atoms with Crippen molar-refractivity contribution < 1.29 is 4.79 Å². The minimum absolute atomic E-state index is 0.0752. The molecule has 6 unspecified atom stereocenters. The summed E-state index contributed by atoms with van der Waals surface area (Å²) in [5.41, 5.74) is 1.68. The van der Waals surface area contributed by atoms with Gasteiger partial charge in [-0.25, -0.2) is 0 Å². The first-order chi connectivity index (χ1) is 11.8. The van der Waals surface area contributed by atoms with Gasteiger partial charge in [-0.05, 0) is 93.5 Å². The van der Waals surface area contributed by atoms with Gasteiger partial charge in [0.05, 0.1) is 0 Å². The summed E-state index contributed by atoms with van der Waals surface area (Å²) in [7, 11) is 0. The zero-order chi connectivity index (χ0) is 18.2. The SMILES string of the molecule is CCCC(C)(CC)CC/C(C)=C/C(=O)C1(C)CC2CC3CC(C1)C3C2. The molecule has 3 rings (SSSR count). The van der Waals surface area contributed by atoms with Gasteiger partial charge in [-0.15, -0.1) is 0 Å². The van der Waals surface area contributed by atoms with Crippen molar-refractivity contribution in [1.29, 1.82) is 0 Å². The molecule has 0 N–H and O–H groups in total. The van der Waals surface area contributed by atoms with Gasteiger partial charge >= 0.3 is 0 Å². The smallest absolute Gasteiger partial charge is 0.161 e. The fourth-order valence-electron chi connectivity index (χ4n) is 6.45. The molecular formula is C24H40O. The highest BCUT2D eigenvalue weighted by Crippen LogP contribution is 2.62. The summed E-state index contributed by atoms with van der Waals surface area (Å²) >= 11 is 0. The normalized spacial score (nSPS) is 39.5. The molecule has 1 nitrogen and oxygen atoms in total. The third-order valence-corrected chi connectivity index (χ3v) is 8.31. The molecule has 3 saturated carbocycles. The maximum Gasteiger partial charge on any atom is 0.161 e. The van der Waals surface area contributed by atoms with Gasteiger partial charge in [0, 0.05) is 5.41 Å². The highest BCUT2D eigenvalue weighted by molar-refractivity contribution is 5.95.